The predicted molar refractivity (Wildman–Crippen MR) is 79.2 cm³/mol. The zero-order valence-electron chi connectivity index (χ0n) is 11.2. The number of hydrogen-bond acceptors (Lipinski definition) is 6. The highest BCUT2D eigenvalue weighted by Crippen LogP contribution is 2.29. The van der Waals surface area contributed by atoms with E-state index < -0.39 is 0 Å². The molecular weight excluding hydrogens is 284 g/mol. The molecule has 0 saturated heterocycles. The van der Waals surface area contributed by atoms with Crippen molar-refractivity contribution in [3.05, 3.63) is 5.28 Å². The van der Waals surface area contributed by atoms with E-state index in [1.165, 1.54) is 19.3 Å². The Morgan fingerprint density at radius 3 is 2.84 bits per heavy atom. The Kier molecular flexibility index (Phi) is 5.51. The van der Waals surface area contributed by atoms with E-state index in [-0.39, 0.29) is 11.3 Å². The van der Waals surface area contributed by atoms with Gasteiger partial charge >= 0.3 is 6.01 Å². The van der Waals surface area contributed by atoms with Crippen LogP contribution in [0.25, 0.3) is 0 Å². The lowest BCUT2D eigenvalue weighted by atomic mass is 9.95. The van der Waals surface area contributed by atoms with Gasteiger partial charge in [0.2, 0.25) is 11.2 Å². The number of halogens is 1. The molecule has 1 saturated carbocycles. The van der Waals surface area contributed by atoms with Gasteiger partial charge in [0.15, 0.2) is 0 Å². The summed E-state index contributed by atoms with van der Waals surface area (Å²) in [6.07, 6.45) is 7.06. The Hall–Kier alpha value is -0.750. The fourth-order valence-electron chi connectivity index (χ4n) is 2.30. The summed E-state index contributed by atoms with van der Waals surface area (Å²) in [5.41, 5.74) is 0. The third-order valence-electron chi connectivity index (χ3n) is 3.18. The van der Waals surface area contributed by atoms with E-state index in [1.807, 2.05) is 18.7 Å². The molecule has 0 radical (unpaired) electrons. The van der Waals surface area contributed by atoms with Crippen LogP contribution in [0.5, 0.6) is 6.01 Å². The Labute approximate surface area is 122 Å². The summed E-state index contributed by atoms with van der Waals surface area (Å²) in [4.78, 5) is 12.3. The lowest BCUT2D eigenvalue weighted by molar-refractivity contribution is 0.311. The first-order valence-corrected chi connectivity index (χ1v) is 8.23. The Morgan fingerprint density at radius 2 is 2.11 bits per heavy atom. The smallest absolute Gasteiger partial charge is 0.322 e. The number of hydrogen-bond donors (Lipinski definition) is 1. The minimum atomic E-state index is 0.164. The third kappa shape index (κ3) is 4.11. The number of nitrogens with zero attached hydrogens (tertiary/aromatic N) is 3. The van der Waals surface area contributed by atoms with Crippen molar-refractivity contribution in [2.24, 2.45) is 0 Å². The fourth-order valence-corrected chi connectivity index (χ4v) is 3.39. The molecule has 1 N–H and O–H groups in total. The van der Waals surface area contributed by atoms with Gasteiger partial charge in [-0.3, -0.25) is 0 Å². The van der Waals surface area contributed by atoms with Gasteiger partial charge in [0, 0.05) is 11.3 Å². The number of anilines is 1. The maximum atomic E-state index is 5.89. The van der Waals surface area contributed by atoms with Crippen molar-refractivity contribution >= 4 is 29.3 Å². The van der Waals surface area contributed by atoms with E-state index in [9.17, 15) is 0 Å². The topological polar surface area (TPSA) is 59.9 Å². The van der Waals surface area contributed by atoms with Gasteiger partial charge in [0.05, 0.1) is 6.61 Å². The van der Waals surface area contributed by atoms with Gasteiger partial charge in [-0.05, 0) is 37.6 Å². The Morgan fingerprint density at radius 1 is 1.32 bits per heavy atom. The van der Waals surface area contributed by atoms with Crippen molar-refractivity contribution in [3.8, 4) is 6.01 Å². The Bertz CT molecular complexity index is 421. The van der Waals surface area contributed by atoms with Crippen LogP contribution in [0.4, 0.5) is 5.95 Å². The summed E-state index contributed by atoms with van der Waals surface area (Å²) >= 11 is 7.78. The minimum absolute atomic E-state index is 0.164. The largest absolute Gasteiger partial charge is 0.464 e. The van der Waals surface area contributed by atoms with Crippen molar-refractivity contribution in [1.82, 2.24) is 15.0 Å². The predicted octanol–water partition coefficient (Wildman–Crippen LogP) is 3.01. The number of nitrogens with one attached hydrogen (secondary N) is 1. The van der Waals surface area contributed by atoms with Crippen LogP contribution in [0.2, 0.25) is 5.28 Å². The van der Waals surface area contributed by atoms with Crippen molar-refractivity contribution < 1.29 is 4.74 Å². The second-order valence-electron chi connectivity index (χ2n) is 4.45. The molecule has 0 bridgehead atoms. The average Bonchev–Trinajstić information content (AvgIpc) is 2.39. The monoisotopic (exact) mass is 302 g/mol. The first kappa shape index (κ1) is 14.7. The van der Waals surface area contributed by atoms with Gasteiger partial charge in [-0.1, -0.05) is 12.8 Å². The molecule has 0 spiro atoms. The highest BCUT2D eigenvalue weighted by molar-refractivity contribution is 7.99. The SMILES string of the molecule is CCOc1nc(Cl)nc(NC2CCCCC2SC)n1. The summed E-state index contributed by atoms with van der Waals surface area (Å²) in [7, 11) is 0. The third-order valence-corrected chi connectivity index (χ3v) is 4.52. The molecule has 0 aromatic carbocycles. The van der Waals surface area contributed by atoms with Crippen molar-refractivity contribution in [1.29, 1.82) is 0 Å². The quantitative estimate of drug-likeness (QED) is 0.902. The molecule has 1 aromatic heterocycles. The molecule has 7 heteroatoms. The molecule has 0 aliphatic heterocycles. The van der Waals surface area contributed by atoms with Crippen molar-refractivity contribution in [3.63, 3.8) is 0 Å². The van der Waals surface area contributed by atoms with Crippen LogP contribution in [0.3, 0.4) is 0 Å². The number of thioether (sulfide) groups is 1. The van der Waals surface area contributed by atoms with Crippen LogP contribution in [0, 0.1) is 0 Å². The number of aromatic nitrogens is 3. The van der Waals surface area contributed by atoms with Gasteiger partial charge < -0.3 is 10.1 Å². The summed E-state index contributed by atoms with van der Waals surface area (Å²) in [6, 6.07) is 0.665. The molecule has 106 valence electrons. The standard InChI is InChI=1S/C12H19ClN4OS/c1-3-18-12-16-10(13)15-11(17-12)14-8-6-4-5-7-9(8)19-2/h8-9H,3-7H2,1-2H3,(H,14,15,16,17). The maximum Gasteiger partial charge on any atom is 0.322 e. The van der Waals surface area contributed by atoms with Gasteiger partial charge in [0.1, 0.15) is 0 Å². The van der Waals surface area contributed by atoms with Gasteiger partial charge in [-0.2, -0.15) is 26.7 Å². The van der Waals surface area contributed by atoms with Crippen LogP contribution in [-0.2, 0) is 0 Å². The number of rotatable bonds is 5. The molecule has 1 aliphatic rings. The fraction of sp³-hybridized carbons (Fsp3) is 0.750. The van der Waals surface area contributed by atoms with E-state index in [0.717, 1.165) is 6.42 Å². The highest BCUT2D eigenvalue weighted by Gasteiger charge is 2.25. The maximum absolute atomic E-state index is 5.89. The second kappa shape index (κ2) is 7.14. The van der Waals surface area contributed by atoms with Crippen LogP contribution >= 0.6 is 23.4 Å². The van der Waals surface area contributed by atoms with Gasteiger partial charge in [-0.25, -0.2) is 0 Å². The van der Waals surface area contributed by atoms with Crippen LogP contribution < -0.4 is 10.1 Å². The molecule has 1 heterocycles. The van der Waals surface area contributed by atoms with E-state index in [2.05, 4.69) is 26.5 Å². The molecule has 19 heavy (non-hydrogen) atoms. The van der Waals surface area contributed by atoms with Crippen LogP contribution in [0.15, 0.2) is 0 Å². The molecule has 0 amide bonds. The van der Waals surface area contributed by atoms with E-state index in [0.29, 0.717) is 23.8 Å². The normalized spacial score (nSPS) is 23.1. The molecule has 2 atom stereocenters. The summed E-state index contributed by atoms with van der Waals surface area (Å²) in [5.74, 6) is 0.509. The molecule has 2 unspecified atom stereocenters. The van der Waals surface area contributed by atoms with Crippen molar-refractivity contribution in [2.45, 2.75) is 43.9 Å². The molecule has 1 aliphatic carbocycles. The minimum Gasteiger partial charge on any atom is -0.464 e. The van der Waals surface area contributed by atoms with E-state index >= 15 is 0 Å². The lowest BCUT2D eigenvalue weighted by Gasteiger charge is -2.30. The zero-order chi connectivity index (χ0) is 13.7. The van der Waals surface area contributed by atoms with Crippen LogP contribution in [0.1, 0.15) is 32.6 Å². The first-order chi connectivity index (χ1) is 9.22. The average molecular weight is 303 g/mol. The molecule has 2 rings (SSSR count). The van der Waals surface area contributed by atoms with Gasteiger partial charge in [0.25, 0.3) is 0 Å². The zero-order valence-corrected chi connectivity index (χ0v) is 12.8. The molecule has 1 aromatic rings. The lowest BCUT2D eigenvalue weighted by Crippen LogP contribution is -2.35. The van der Waals surface area contributed by atoms with E-state index in [4.69, 9.17) is 16.3 Å². The summed E-state index contributed by atoms with van der Waals surface area (Å²) in [5, 5.41) is 4.14. The summed E-state index contributed by atoms with van der Waals surface area (Å²) < 4.78 is 5.28. The van der Waals surface area contributed by atoms with Crippen LogP contribution in [-0.4, -0.2) is 39.1 Å². The van der Waals surface area contributed by atoms with Crippen molar-refractivity contribution in [2.75, 3.05) is 18.2 Å². The highest BCUT2D eigenvalue weighted by atomic mass is 35.5. The Balaban J connectivity index is 2.08. The van der Waals surface area contributed by atoms with E-state index in [1.54, 1.807) is 0 Å². The van der Waals surface area contributed by atoms with Gasteiger partial charge in [-0.15, -0.1) is 0 Å². The summed E-state index contributed by atoms with van der Waals surface area (Å²) in [6.45, 7) is 2.40. The second-order valence-corrected chi connectivity index (χ2v) is 5.87. The first-order valence-electron chi connectivity index (χ1n) is 6.56. The number of ether oxygens (including phenoxy) is 1. The molecular formula is C12H19ClN4OS. The molecule has 5 nitrogen and oxygen atoms in total. The molecule has 1 fully saturated rings.